The first kappa shape index (κ1) is 15.2. The first-order valence-electron chi connectivity index (χ1n) is 5.82. The van der Waals surface area contributed by atoms with Crippen LogP contribution >= 0.6 is 18.2 Å². The van der Waals surface area contributed by atoms with Crippen molar-refractivity contribution in [3.05, 3.63) is 34.4 Å². The van der Waals surface area contributed by atoms with Gasteiger partial charge in [-0.05, 0) is 12.1 Å². The lowest BCUT2D eigenvalue weighted by atomic mass is 10.2. The number of rotatable bonds is 4. The Morgan fingerprint density at radius 2 is 1.80 bits per heavy atom. The lowest BCUT2D eigenvalue weighted by molar-refractivity contribution is -0.384. The normalized spacial score (nSPS) is 19.6. The maximum Gasteiger partial charge on any atom is 0.438 e. The van der Waals surface area contributed by atoms with Crippen LogP contribution in [0.15, 0.2) is 24.3 Å². The highest BCUT2D eigenvalue weighted by Gasteiger charge is 2.25. The quantitative estimate of drug-likeness (QED) is 0.514. The van der Waals surface area contributed by atoms with Crippen LogP contribution in [0, 0.1) is 10.1 Å². The third-order valence-electron chi connectivity index (χ3n) is 2.88. The molecular weight excluding hydrogens is 309 g/mol. The minimum atomic E-state index is -4.04. The molecular formula is C10H13ClN3O5P. The van der Waals surface area contributed by atoms with Gasteiger partial charge < -0.3 is 9.79 Å². The number of piperazine rings is 1. The van der Waals surface area contributed by atoms with Crippen molar-refractivity contribution in [2.75, 3.05) is 31.1 Å². The summed E-state index contributed by atoms with van der Waals surface area (Å²) < 4.78 is 15.6. The molecule has 1 unspecified atom stereocenters. The van der Waals surface area contributed by atoms with Gasteiger partial charge in [0.2, 0.25) is 0 Å². The van der Waals surface area contributed by atoms with Crippen molar-refractivity contribution < 1.29 is 19.0 Å². The lowest BCUT2D eigenvalue weighted by Gasteiger charge is -2.34. The molecule has 8 nitrogen and oxygen atoms in total. The summed E-state index contributed by atoms with van der Waals surface area (Å²) in [6, 6.07) is 6.23. The minimum absolute atomic E-state index is 0.0408. The van der Waals surface area contributed by atoms with Crippen LogP contribution in [0.2, 0.25) is 0 Å². The van der Waals surface area contributed by atoms with Gasteiger partial charge in [-0.2, -0.15) is 5.06 Å². The molecule has 0 radical (unpaired) electrons. The predicted octanol–water partition coefficient (Wildman–Crippen LogP) is 1.99. The van der Waals surface area contributed by atoms with E-state index in [2.05, 4.69) is 0 Å². The number of hydroxylamine groups is 2. The molecule has 1 aromatic rings. The van der Waals surface area contributed by atoms with E-state index in [0.29, 0.717) is 26.2 Å². The van der Waals surface area contributed by atoms with Crippen LogP contribution in [-0.4, -0.2) is 41.1 Å². The van der Waals surface area contributed by atoms with E-state index >= 15 is 0 Å². The van der Waals surface area contributed by atoms with Crippen molar-refractivity contribution in [1.82, 2.24) is 5.06 Å². The first-order chi connectivity index (χ1) is 9.35. The Morgan fingerprint density at radius 3 is 2.25 bits per heavy atom. The van der Waals surface area contributed by atoms with Gasteiger partial charge in [0.05, 0.1) is 4.92 Å². The standard InChI is InChI=1S/C10H13ClN3O5P/c11-20(17,18)19-13-7-5-12(6-8-13)9-1-3-10(4-2-9)14(15)16/h1-4H,5-8H2,(H,17,18). The van der Waals surface area contributed by atoms with Crippen LogP contribution in [0.3, 0.4) is 0 Å². The molecule has 10 heteroatoms. The molecule has 0 aliphatic carbocycles. The average Bonchev–Trinajstić information content (AvgIpc) is 2.38. The number of nitro benzene ring substituents is 1. The molecule has 1 atom stereocenters. The van der Waals surface area contributed by atoms with E-state index in [1.807, 2.05) is 4.90 Å². The number of nitro groups is 1. The van der Waals surface area contributed by atoms with Gasteiger partial charge in [0.1, 0.15) is 0 Å². The fraction of sp³-hybridized carbons (Fsp3) is 0.400. The molecule has 1 saturated heterocycles. The van der Waals surface area contributed by atoms with Gasteiger partial charge in [0.15, 0.2) is 0 Å². The number of anilines is 1. The molecule has 0 amide bonds. The number of non-ortho nitro benzene ring substituents is 1. The van der Waals surface area contributed by atoms with Crippen LogP contribution < -0.4 is 4.90 Å². The van der Waals surface area contributed by atoms with Crippen molar-refractivity contribution in [1.29, 1.82) is 0 Å². The van der Waals surface area contributed by atoms with Crippen molar-refractivity contribution >= 4 is 29.6 Å². The third kappa shape index (κ3) is 4.16. The average molecular weight is 322 g/mol. The SMILES string of the molecule is O=[N+]([O-])c1ccc(N2CCN(OP(=O)(O)Cl)CC2)cc1. The summed E-state index contributed by atoms with van der Waals surface area (Å²) in [5.41, 5.74) is 0.896. The molecule has 0 spiro atoms. The summed E-state index contributed by atoms with van der Waals surface area (Å²) >= 11 is 5.14. The van der Waals surface area contributed by atoms with Crippen LogP contribution in [0.25, 0.3) is 0 Å². The Labute approximate surface area is 119 Å². The van der Waals surface area contributed by atoms with Crippen molar-refractivity contribution in [3.63, 3.8) is 0 Å². The second-order valence-corrected chi connectivity index (χ2v) is 6.57. The van der Waals surface area contributed by atoms with Gasteiger partial charge in [-0.15, -0.1) is 0 Å². The Balaban J connectivity index is 1.93. The molecule has 1 aliphatic rings. The molecule has 0 saturated carbocycles. The molecule has 1 N–H and O–H groups in total. The lowest BCUT2D eigenvalue weighted by Crippen LogP contribution is -2.45. The van der Waals surface area contributed by atoms with E-state index in [-0.39, 0.29) is 5.69 Å². The molecule has 20 heavy (non-hydrogen) atoms. The van der Waals surface area contributed by atoms with Crippen LogP contribution in [0.4, 0.5) is 11.4 Å². The Morgan fingerprint density at radius 1 is 1.25 bits per heavy atom. The highest BCUT2D eigenvalue weighted by atomic mass is 35.7. The van der Waals surface area contributed by atoms with E-state index in [9.17, 15) is 14.7 Å². The van der Waals surface area contributed by atoms with Crippen LogP contribution in [0.5, 0.6) is 0 Å². The molecule has 0 bridgehead atoms. The Hall–Kier alpha value is -1.18. The van der Waals surface area contributed by atoms with Gasteiger partial charge in [-0.3, -0.25) is 10.1 Å². The summed E-state index contributed by atoms with van der Waals surface area (Å²) in [6.07, 6.45) is 0. The summed E-state index contributed by atoms with van der Waals surface area (Å²) in [4.78, 5) is 21.0. The second-order valence-electron chi connectivity index (χ2n) is 4.22. The maximum absolute atomic E-state index is 10.9. The fourth-order valence-electron chi connectivity index (χ4n) is 1.96. The van der Waals surface area contributed by atoms with Gasteiger partial charge in [0.25, 0.3) is 5.69 Å². The minimum Gasteiger partial charge on any atom is -0.369 e. The third-order valence-corrected chi connectivity index (χ3v) is 3.50. The van der Waals surface area contributed by atoms with Crippen molar-refractivity contribution in [3.8, 4) is 0 Å². The largest absolute Gasteiger partial charge is 0.438 e. The fourth-order valence-corrected chi connectivity index (χ4v) is 2.67. The number of benzene rings is 1. The molecule has 1 fully saturated rings. The summed E-state index contributed by atoms with van der Waals surface area (Å²) in [6.45, 7) is -2.09. The Kier molecular flexibility index (Phi) is 4.62. The second kappa shape index (κ2) is 6.07. The van der Waals surface area contributed by atoms with E-state index in [4.69, 9.17) is 20.8 Å². The molecule has 1 heterocycles. The zero-order chi connectivity index (χ0) is 14.8. The van der Waals surface area contributed by atoms with E-state index in [0.717, 1.165) is 5.69 Å². The predicted molar refractivity (Wildman–Crippen MR) is 73.6 cm³/mol. The van der Waals surface area contributed by atoms with Gasteiger partial charge in [0, 0.05) is 55.2 Å². The van der Waals surface area contributed by atoms with Gasteiger partial charge in [-0.1, -0.05) is 0 Å². The highest BCUT2D eigenvalue weighted by Crippen LogP contribution is 2.48. The van der Waals surface area contributed by atoms with Gasteiger partial charge in [-0.25, -0.2) is 9.19 Å². The molecule has 1 aliphatic heterocycles. The molecule has 110 valence electrons. The molecule has 0 aromatic heterocycles. The zero-order valence-electron chi connectivity index (χ0n) is 10.4. The smallest absolute Gasteiger partial charge is 0.369 e. The highest BCUT2D eigenvalue weighted by molar-refractivity contribution is 7.80. The maximum atomic E-state index is 10.9. The van der Waals surface area contributed by atoms with E-state index in [1.54, 1.807) is 12.1 Å². The molecule has 2 rings (SSSR count). The van der Waals surface area contributed by atoms with E-state index in [1.165, 1.54) is 17.2 Å². The zero-order valence-corrected chi connectivity index (χ0v) is 12.0. The van der Waals surface area contributed by atoms with Crippen molar-refractivity contribution in [2.24, 2.45) is 0 Å². The summed E-state index contributed by atoms with van der Waals surface area (Å²) in [5.74, 6) is 0. The molecule has 1 aromatic carbocycles. The number of hydrogen-bond acceptors (Lipinski definition) is 6. The van der Waals surface area contributed by atoms with Gasteiger partial charge >= 0.3 is 6.95 Å². The Bertz CT molecular complexity index is 526. The summed E-state index contributed by atoms with van der Waals surface area (Å²) in [7, 11) is 0. The number of nitrogens with zero attached hydrogens (tertiary/aromatic N) is 3. The van der Waals surface area contributed by atoms with Crippen LogP contribution in [-0.2, 0) is 9.19 Å². The summed E-state index contributed by atoms with van der Waals surface area (Å²) in [5, 5.41) is 11.9. The van der Waals surface area contributed by atoms with Crippen LogP contribution in [0.1, 0.15) is 0 Å². The van der Waals surface area contributed by atoms with Crippen molar-refractivity contribution in [2.45, 2.75) is 0 Å². The topological polar surface area (TPSA) is 96.2 Å². The van der Waals surface area contributed by atoms with E-state index < -0.39 is 11.9 Å². The number of halogens is 1. The number of hydrogen-bond donors (Lipinski definition) is 1. The monoisotopic (exact) mass is 321 g/mol. The first-order valence-corrected chi connectivity index (χ1v) is 8.30.